The van der Waals surface area contributed by atoms with Crippen LogP contribution in [0.3, 0.4) is 0 Å². The van der Waals surface area contributed by atoms with Gasteiger partial charge in [0, 0.05) is 17.7 Å². The van der Waals surface area contributed by atoms with Gasteiger partial charge in [0.05, 0.1) is 14.2 Å². The average molecular weight is 348 g/mol. The smallest absolute Gasteiger partial charge is 0.252 e. The fourth-order valence-electron chi connectivity index (χ4n) is 3.06. The third-order valence-corrected chi connectivity index (χ3v) is 4.55. The molecule has 1 aromatic carbocycles. The summed E-state index contributed by atoms with van der Waals surface area (Å²) in [6, 6.07) is 4.60. The molecular weight excluding hydrogens is 320 g/mol. The highest BCUT2D eigenvalue weighted by molar-refractivity contribution is 5.98. The summed E-state index contributed by atoms with van der Waals surface area (Å²) in [5, 5.41) is 5.91. The first-order valence-corrected chi connectivity index (χ1v) is 8.79. The fourth-order valence-corrected chi connectivity index (χ4v) is 3.06. The van der Waals surface area contributed by atoms with Crippen molar-refractivity contribution in [2.75, 3.05) is 14.2 Å². The Morgan fingerprint density at radius 3 is 2.08 bits per heavy atom. The molecule has 0 heterocycles. The number of hydrogen-bond donors (Lipinski definition) is 2. The third-order valence-electron chi connectivity index (χ3n) is 4.55. The van der Waals surface area contributed by atoms with E-state index in [9.17, 15) is 9.59 Å². The molecule has 1 aliphatic carbocycles. The maximum atomic E-state index is 12.6. The molecule has 138 valence electrons. The lowest BCUT2D eigenvalue weighted by Crippen LogP contribution is -2.51. The maximum absolute atomic E-state index is 12.6. The molecule has 0 aliphatic heterocycles. The van der Waals surface area contributed by atoms with Crippen molar-refractivity contribution >= 4 is 11.8 Å². The van der Waals surface area contributed by atoms with Gasteiger partial charge in [0.1, 0.15) is 17.5 Å². The zero-order chi connectivity index (χ0) is 18.4. The summed E-state index contributed by atoms with van der Waals surface area (Å²) >= 11 is 0. The molecule has 0 radical (unpaired) electrons. The Labute approximate surface area is 149 Å². The molecule has 25 heavy (non-hydrogen) atoms. The Balaban J connectivity index is 2.10. The summed E-state index contributed by atoms with van der Waals surface area (Å²) in [7, 11) is 3.06. The van der Waals surface area contributed by atoms with Crippen molar-refractivity contribution in [2.45, 2.75) is 51.6 Å². The Morgan fingerprint density at radius 1 is 1.04 bits per heavy atom. The van der Waals surface area contributed by atoms with Gasteiger partial charge in [0.2, 0.25) is 5.91 Å². The van der Waals surface area contributed by atoms with E-state index < -0.39 is 6.04 Å². The second kappa shape index (κ2) is 8.74. The van der Waals surface area contributed by atoms with E-state index in [2.05, 4.69) is 10.6 Å². The SMILES string of the molecule is COc1cc(OC)cc(C(=O)N[C@H](C(=O)NC2CCCC2)C(C)C)c1. The van der Waals surface area contributed by atoms with Gasteiger partial charge in [-0.05, 0) is 30.9 Å². The van der Waals surface area contributed by atoms with Crippen molar-refractivity contribution in [1.29, 1.82) is 0 Å². The Morgan fingerprint density at radius 2 is 1.60 bits per heavy atom. The summed E-state index contributed by atoms with van der Waals surface area (Å²) in [5.41, 5.74) is 0.399. The number of amides is 2. The fraction of sp³-hybridized carbons (Fsp3) is 0.579. The molecule has 0 aromatic heterocycles. The Bertz CT molecular complexity index is 587. The van der Waals surface area contributed by atoms with Crippen molar-refractivity contribution < 1.29 is 19.1 Å². The van der Waals surface area contributed by atoms with Gasteiger partial charge in [0.15, 0.2) is 0 Å². The summed E-state index contributed by atoms with van der Waals surface area (Å²) in [4.78, 5) is 25.2. The largest absolute Gasteiger partial charge is 0.497 e. The lowest BCUT2D eigenvalue weighted by atomic mass is 10.0. The number of methoxy groups -OCH3 is 2. The van der Waals surface area contributed by atoms with E-state index in [-0.39, 0.29) is 23.8 Å². The number of carbonyl (C=O) groups excluding carboxylic acids is 2. The molecule has 1 fully saturated rings. The summed E-state index contributed by atoms with van der Waals surface area (Å²) < 4.78 is 10.4. The molecule has 6 heteroatoms. The molecule has 1 saturated carbocycles. The predicted octanol–water partition coefficient (Wildman–Crippen LogP) is 2.52. The molecule has 0 spiro atoms. The predicted molar refractivity (Wildman–Crippen MR) is 96.0 cm³/mol. The van der Waals surface area contributed by atoms with Crippen LogP contribution in [0.5, 0.6) is 11.5 Å². The van der Waals surface area contributed by atoms with Crippen LogP contribution < -0.4 is 20.1 Å². The van der Waals surface area contributed by atoms with Gasteiger partial charge < -0.3 is 20.1 Å². The normalized spacial score (nSPS) is 15.7. The molecule has 2 rings (SSSR count). The van der Waals surface area contributed by atoms with Gasteiger partial charge in [0.25, 0.3) is 5.91 Å². The van der Waals surface area contributed by atoms with Crippen LogP contribution in [-0.4, -0.2) is 38.1 Å². The third kappa shape index (κ3) is 5.11. The second-order valence-electron chi connectivity index (χ2n) is 6.79. The van der Waals surface area contributed by atoms with Crippen LogP contribution >= 0.6 is 0 Å². The van der Waals surface area contributed by atoms with E-state index in [1.54, 1.807) is 18.2 Å². The molecule has 1 aromatic rings. The molecule has 0 saturated heterocycles. The van der Waals surface area contributed by atoms with Gasteiger partial charge >= 0.3 is 0 Å². The van der Waals surface area contributed by atoms with Crippen LogP contribution in [0.2, 0.25) is 0 Å². The van der Waals surface area contributed by atoms with Gasteiger partial charge in [-0.2, -0.15) is 0 Å². The van der Waals surface area contributed by atoms with Crippen LogP contribution in [0, 0.1) is 5.92 Å². The van der Waals surface area contributed by atoms with E-state index in [1.807, 2.05) is 13.8 Å². The zero-order valence-electron chi connectivity index (χ0n) is 15.4. The van der Waals surface area contributed by atoms with Crippen molar-refractivity contribution in [3.8, 4) is 11.5 Å². The van der Waals surface area contributed by atoms with Crippen molar-refractivity contribution in [1.82, 2.24) is 10.6 Å². The molecule has 2 N–H and O–H groups in total. The number of nitrogens with one attached hydrogen (secondary N) is 2. The standard InChI is InChI=1S/C19H28N2O4/c1-12(2)17(19(23)20-14-7-5-6-8-14)21-18(22)13-9-15(24-3)11-16(10-13)25-4/h9-12,14,17H,5-8H2,1-4H3,(H,20,23)(H,21,22)/t17-/m0/s1. The molecule has 6 nitrogen and oxygen atoms in total. The van der Waals surface area contributed by atoms with E-state index in [0.29, 0.717) is 17.1 Å². The molecule has 1 atom stereocenters. The number of ether oxygens (including phenoxy) is 2. The molecule has 2 amide bonds. The van der Waals surface area contributed by atoms with Gasteiger partial charge in [-0.3, -0.25) is 9.59 Å². The summed E-state index contributed by atoms with van der Waals surface area (Å²) in [6.45, 7) is 3.84. The Hall–Kier alpha value is -2.24. The van der Waals surface area contributed by atoms with Gasteiger partial charge in [-0.25, -0.2) is 0 Å². The van der Waals surface area contributed by atoms with Crippen LogP contribution in [0.4, 0.5) is 0 Å². The van der Waals surface area contributed by atoms with Crippen LogP contribution in [0.15, 0.2) is 18.2 Å². The average Bonchev–Trinajstić information content (AvgIpc) is 3.11. The topological polar surface area (TPSA) is 76.7 Å². The number of rotatable bonds is 7. The maximum Gasteiger partial charge on any atom is 0.252 e. The monoisotopic (exact) mass is 348 g/mol. The van der Waals surface area contributed by atoms with Crippen LogP contribution in [0.1, 0.15) is 49.9 Å². The van der Waals surface area contributed by atoms with Crippen LogP contribution in [0.25, 0.3) is 0 Å². The quantitative estimate of drug-likeness (QED) is 0.794. The van der Waals surface area contributed by atoms with Gasteiger partial charge in [-0.1, -0.05) is 26.7 Å². The van der Waals surface area contributed by atoms with E-state index in [1.165, 1.54) is 14.2 Å². The first kappa shape index (κ1) is 19.1. The minimum atomic E-state index is -0.578. The Kier molecular flexibility index (Phi) is 6.67. The number of hydrogen-bond acceptors (Lipinski definition) is 4. The number of carbonyl (C=O) groups is 2. The van der Waals surface area contributed by atoms with Crippen molar-refractivity contribution in [3.05, 3.63) is 23.8 Å². The molecule has 1 aliphatic rings. The summed E-state index contributed by atoms with van der Waals surface area (Å²) in [5.74, 6) is 0.599. The molecule has 0 unspecified atom stereocenters. The molecule has 0 bridgehead atoms. The van der Waals surface area contributed by atoms with E-state index >= 15 is 0 Å². The second-order valence-corrected chi connectivity index (χ2v) is 6.79. The van der Waals surface area contributed by atoms with Gasteiger partial charge in [-0.15, -0.1) is 0 Å². The first-order valence-electron chi connectivity index (χ1n) is 8.79. The highest BCUT2D eigenvalue weighted by Crippen LogP contribution is 2.23. The minimum Gasteiger partial charge on any atom is -0.497 e. The first-order chi connectivity index (χ1) is 11.9. The van der Waals surface area contributed by atoms with Crippen molar-refractivity contribution in [3.63, 3.8) is 0 Å². The lowest BCUT2D eigenvalue weighted by Gasteiger charge is -2.24. The van der Waals surface area contributed by atoms with Crippen LogP contribution in [-0.2, 0) is 4.79 Å². The molecular formula is C19H28N2O4. The highest BCUT2D eigenvalue weighted by atomic mass is 16.5. The lowest BCUT2D eigenvalue weighted by molar-refractivity contribution is -0.124. The van der Waals surface area contributed by atoms with E-state index in [4.69, 9.17) is 9.47 Å². The minimum absolute atomic E-state index is 0.0159. The summed E-state index contributed by atoms with van der Waals surface area (Å²) in [6.07, 6.45) is 4.32. The zero-order valence-corrected chi connectivity index (χ0v) is 15.4. The number of benzene rings is 1. The highest BCUT2D eigenvalue weighted by Gasteiger charge is 2.27. The van der Waals surface area contributed by atoms with E-state index in [0.717, 1.165) is 25.7 Å². The van der Waals surface area contributed by atoms with Crippen molar-refractivity contribution in [2.24, 2.45) is 5.92 Å².